The number of aliphatic imine (C=N–C) groups is 1. The highest BCUT2D eigenvalue weighted by Crippen LogP contribution is 2.24. The fraction of sp³-hybridized carbons (Fsp3) is 0.650. The standard InChI is InChI=1S/C20H32ClN3O2.HI/c1-20(2,17-5-7-18(21)8-6-17)15-23-19(22-3)24-10-9-16(13-24)14-26-12-11-25-4;/h5-8,16H,9-15H2,1-4H3,(H,22,23);1H. The minimum atomic E-state index is -0.0110. The van der Waals surface area contributed by atoms with Crippen LogP contribution in [0.1, 0.15) is 25.8 Å². The quantitative estimate of drug-likeness (QED) is 0.251. The van der Waals surface area contributed by atoms with Crippen LogP contribution in [0, 0.1) is 5.92 Å². The second-order valence-electron chi connectivity index (χ2n) is 7.46. The summed E-state index contributed by atoms with van der Waals surface area (Å²) in [5, 5.41) is 4.31. The van der Waals surface area contributed by atoms with Crippen molar-refractivity contribution in [3.05, 3.63) is 34.9 Å². The molecule has 0 spiro atoms. The van der Waals surface area contributed by atoms with Gasteiger partial charge in [0, 0.05) is 50.1 Å². The third-order valence-electron chi connectivity index (χ3n) is 4.90. The Kier molecular flexibility index (Phi) is 11.0. The molecule has 0 saturated carbocycles. The van der Waals surface area contributed by atoms with Gasteiger partial charge in [-0.05, 0) is 24.1 Å². The number of guanidine groups is 1. The molecule has 1 aromatic rings. The molecule has 1 aliphatic rings. The van der Waals surface area contributed by atoms with Crippen LogP contribution >= 0.6 is 35.6 Å². The molecular weight excluding hydrogens is 477 g/mol. The second-order valence-corrected chi connectivity index (χ2v) is 7.90. The lowest BCUT2D eigenvalue weighted by Gasteiger charge is -2.29. The van der Waals surface area contributed by atoms with E-state index >= 15 is 0 Å². The lowest BCUT2D eigenvalue weighted by atomic mass is 9.85. The molecule has 0 aliphatic carbocycles. The second kappa shape index (κ2) is 12.1. The predicted molar refractivity (Wildman–Crippen MR) is 124 cm³/mol. The van der Waals surface area contributed by atoms with Crippen LogP contribution in [0.5, 0.6) is 0 Å². The molecule has 0 amide bonds. The molecule has 0 bridgehead atoms. The first-order chi connectivity index (χ1) is 12.5. The van der Waals surface area contributed by atoms with Crippen LogP contribution in [0.2, 0.25) is 5.02 Å². The molecule has 1 aromatic carbocycles. The maximum atomic E-state index is 6.01. The van der Waals surface area contributed by atoms with E-state index in [-0.39, 0.29) is 29.4 Å². The van der Waals surface area contributed by atoms with Gasteiger partial charge in [0.15, 0.2) is 5.96 Å². The van der Waals surface area contributed by atoms with Crippen molar-refractivity contribution in [2.24, 2.45) is 10.9 Å². The number of hydrogen-bond donors (Lipinski definition) is 1. The van der Waals surface area contributed by atoms with Gasteiger partial charge in [0.25, 0.3) is 0 Å². The summed E-state index contributed by atoms with van der Waals surface area (Å²) in [6.45, 7) is 9.36. The molecule has 1 saturated heterocycles. The Hall–Kier alpha value is -0.570. The third-order valence-corrected chi connectivity index (χ3v) is 5.15. The van der Waals surface area contributed by atoms with Gasteiger partial charge in [-0.25, -0.2) is 0 Å². The first kappa shape index (κ1) is 24.5. The molecule has 7 heteroatoms. The topological polar surface area (TPSA) is 46.1 Å². The molecule has 1 N–H and O–H groups in total. The minimum absolute atomic E-state index is 0. The summed E-state index contributed by atoms with van der Waals surface area (Å²) in [6, 6.07) is 8.08. The maximum Gasteiger partial charge on any atom is 0.193 e. The van der Waals surface area contributed by atoms with Crippen molar-refractivity contribution in [3.63, 3.8) is 0 Å². The van der Waals surface area contributed by atoms with E-state index < -0.39 is 0 Å². The molecule has 154 valence electrons. The summed E-state index contributed by atoms with van der Waals surface area (Å²) >= 11 is 6.01. The van der Waals surface area contributed by atoms with E-state index in [0.29, 0.717) is 19.1 Å². The summed E-state index contributed by atoms with van der Waals surface area (Å²) in [6.07, 6.45) is 1.13. The van der Waals surface area contributed by atoms with Gasteiger partial charge in [-0.3, -0.25) is 4.99 Å². The molecule has 5 nitrogen and oxygen atoms in total. The number of hydrogen-bond acceptors (Lipinski definition) is 3. The Morgan fingerprint density at radius 2 is 2.00 bits per heavy atom. The molecule has 1 heterocycles. The number of methoxy groups -OCH3 is 1. The van der Waals surface area contributed by atoms with Gasteiger partial charge in [0.1, 0.15) is 0 Å². The largest absolute Gasteiger partial charge is 0.382 e. The van der Waals surface area contributed by atoms with Gasteiger partial charge < -0.3 is 19.7 Å². The molecule has 1 aliphatic heterocycles. The fourth-order valence-corrected chi connectivity index (χ4v) is 3.31. The van der Waals surface area contributed by atoms with Gasteiger partial charge in [0.05, 0.1) is 19.8 Å². The fourth-order valence-electron chi connectivity index (χ4n) is 3.19. The van der Waals surface area contributed by atoms with Crippen LogP contribution in [0.4, 0.5) is 0 Å². The summed E-state index contributed by atoms with van der Waals surface area (Å²) in [7, 11) is 3.54. The predicted octanol–water partition coefficient (Wildman–Crippen LogP) is 3.80. The molecule has 0 aromatic heterocycles. The summed E-state index contributed by atoms with van der Waals surface area (Å²) in [4.78, 5) is 6.80. The van der Waals surface area contributed by atoms with E-state index in [1.165, 1.54) is 5.56 Å². The Balaban J connectivity index is 0.00000364. The van der Waals surface area contributed by atoms with Gasteiger partial charge in [0.2, 0.25) is 0 Å². The Bertz CT molecular complexity index is 581. The molecule has 1 unspecified atom stereocenters. The zero-order valence-electron chi connectivity index (χ0n) is 16.8. The molecule has 1 atom stereocenters. The highest BCUT2D eigenvalue weighted by molar-refractivity contribution is 14.0. The summed E-state index contributed by atoms with van der Waals surface area (Å²) < 4.78 is 10.7. The monoisotopic (exact) mass is 509 g/mol. The van der Waals surface area contributed by atoms with Gasteiger partial charge in [-0.1, -0.05) is 37.6 Å². The number of nitrogens with one attached hydrogen (secondary N) is 1. The SMILES string of the molecule is CN=C(NCC(C)(C)c1ccc(Cl)cc1)N1CCC(COCCOC)C1.I. The van der Waals surface area contributed by atoms with E-state index in [9.17, 15) is 0 Å². The zero-order chi connectivity index (χ0) is 19.0. The van der Waals surface area contributed by atoms with Gasteiger partial charge >= 0.3 is 0 Å². The van der Waals surface area contributed by atoms with E-state index in [0.717, 1.165) is 43.6 Å². The van der Waals surface area contributed by atoms with Crippen LogP contribution in [-0.2, 0) is 14.9 Å². The Morgan fingerprint density at radius 3 is 2.63 bits per heavy atom. The average molecular weight is 510 g/mol. The smallest absolute Gasteiger partial charge is 0.193 e. The van der Waals surface area contributed by atoms with Crippen LogP contribution in [-0.4, -0.2) is 64.5 Å². The minimum Gasteiger partial charge on any atom is -0.382 e. The molecule has 0 radical (unpaired) electrons. The number of rotatable bonds is 8. The number of nitrogens with zero attached hydrogens (tertiary/aromatic N) is 2. The lowest BCUT2D eigenvalue weighted by Crippen LogP contribution is -2.45. The van der Waals surface area contributed by atoms with Crippen molar-refractivity contribution in [2.75, 3.05) is 53.6 Å². The van der Waals surface area contributed by atoms with Crippen LogP contribution < -0.4 is 5.32 Å². The van der Waals surface area contributed by atoms with Crippen molar-refractivity contribution in [2.45, 2.75) is 25.7 Å². The van der Waals surface area contributed by atoms with Crippen LogP contribution in [0.3, 0.4) is 0 Å². The Morgan fingerprint density at radius 1 is 1.30 bits per heavy atom. The number of benzene rings is 1. The van der Waals surface area contributed by atoms with Crippen molar-refractivity contribution < 1.29 is 9.47 Å². The molecule has 1 fully saturated rings. The maximum absolute atomic E-state index is 6.01. The van der Waals surface area contributed by atoms with Crippen molar-refractivity contribution in [1.82, 2.24) is 10.2 Å². The highest BCUT2D eigenvalue weighted by Gasteiger charge is 2.27. The first-order valence-electron chi connectivity index (χ1n) is 9.24. The normalized spacial score (nSPS) is 17.7. The first-order valence-corrected chi connectivity index (χ1v) is 9.62. The number of halogens is 2. The summed E-state index contributed by atoms with van der Waals surface area (Å²) in [5.41, 5.74) is 1.25. The summed E-state index contributed by atoms with van der Waals surface area (Å²) in [5.74, 6) is 1.51. The molecular formula is C20H33ClIN3O2. The van der Waals surface area contributed by atoms with Crippen LogP contribution in [0.25, 0.3) is 0 Å². The van der Waals surface area contributed by atoms with E-state index in [4.69, 9.17) is 21.1 Å². The number of likely N-dealkylation sites (tertiary alicyclic amines) is 1. The number of ether oxygens (including phenoxy) is 2. The molecule has 2 rings (SSSR count). The van der Waals surface area contributed by atoms with Crippen molar-refractivity contribution in [1.29, 1.82) is 0 Å². The van der Waals surface area contributed by atoms with Crippen LogP contribution in [0.15, 0.2) is 29.3 Å². The highest BCUT2D eigenvalue weighted by atomic mass is 127. The van der Waals surface area contributed by atoms with Gasteiger partial charge in [-0.15, -0.1) is 24.0 Å². The Labute approximate surface area is 185 Å². The van der Waals surface area contributed by atoms with Crippen molar-refractivity contribution >= 4 is 41.5 Å². The van der Waals surface area contributed by atoms with E-state index in [2.05, 4.69) is 41.2 Å². The van der Waals surface area contributed by atoms with Gasteiger partial charge in [-0.2, -0.15) is 0 Å². The molecule has 27 heavy (non-hydrogen) atoms. The van der Waals surface area contributed by atoms with E-state index in [1.54, 1.807) is 7.11 Å². The lowest BCUT2D eigenvalue weighted by molar-refractivity contribution is 0.0536. The average Bonchev–Trinajstić information content (AvgIpc) is 3.08. The van der Waals surface area contributed by atoms with E-state index in [1.807, 2.05) is 19.2 Å². The zero-order valence-corrected chi connectivity index (χ0v) is 19.9. The third kappa shape index (κ3) is 7.75. The van der Waals surface area contributed by atoms with Crippen molar-refractivity contribution in [3.8, 4) is 0 Å².